The highest BCUT2D eigenvalue weighted by Gasteiger charge is 2.61. The van der Waals surface area contributed by atoms with E-state index in [1.807, 2.05) is 12.2 Å². The molecule has 0 heterocycles. The van der Waals surface area contributed by atoms with Crippen molar-refractivity contribution in [2.45, 2.75) is 23.5 Å². The van der Waals surface area contributed by atoms with Gasteiger partial charge in [0.15, 0.2) is 0 Å². The van der Waals surface area contributed by atoms with Crippen molar-refractivity contribution in [3.8, 4) is 0 Å². The van der Waals surface area contributed by atoms with Gasteiger partial charge in [-0.3, -0.25) is 0 Å². The highest BCUT2D eigenvalue weighted by atomic mass is 79.9. The van der Waals surface area contributed by atoms with E-state index >= 15 is 0 Å². The predicted molar refractivity (Wildman–Crippen MR) is 88.8 cm³/mol. The standard InChI is InChI=1S/C16H18Br2O4/c1-3-21-15(19)11-7-5-6-8(12(11)16(20)22-4-2)10-9(7)13(17)14(10)18/h5-10,13-14H,3-4H2,1-2H3/t7-,8+,9-,10-,13-,14+/m1/s1. The molecule has 4 aliphatic rings. The Bertz CT molecular complexity index is 520. The van der Waals surface area contributed by atoms with Crippen LogP contribution in [0.3, 0.4) is 0 Å². The number of esters is 2. The summed E-state index contributed by atoms with van der Waals surface area (Å²) in [6, 6.07) is 0. The number of carbonyl (C=O) groups is 2. The van der Waals surface area contributed by atoms with Crippen LogP contribution in [0.4, 0.5) is 0 Å². The fourth-order valence-electron chi connectivity index (χ4n) is 3.92. The fraction of sp³-hybridized carbons (Fsp3) is 0.625. The first kappa shape index (κ1) is 16.2. The molecule has 4 nitrogen and oxygen atoms in total. The van der Waals surface area contributed by atoms with E-state index in [0.29, 0.717) is 45.9 Å². The molecule has 1 fully saturated rings. The SMILES string of the molecule is CCOC(=O)C1=C(C(=O)OCC)[C@@H]2C=C[C@H]1[C@H]1[C@H](Br)[C@H](Br)[C@@H]12. The lowest BCUT2D eigenvalue weighted by Crippen LogP contribution is -2.60. The van der Waals surface area contributed by atoms with Crippen molar-refractivity contribution in [2.24, 2.45) is 23.7 Å². The third-order valence-corrected chi connectivity index (χ3v) is 7.86. The summed E-state index contributed by atoms with van der Waals surface area (Å²) < 4.78 is 10.4. The van der Waals surface area contributed by atoms with Crippen LogP contribution in [0.15, 0.2) is 23.3 Å². The van der Waals surface area contributed by atoms with Crippen molar-refractivity contribution in [2.75, 3.05) is 13.2 Å². The molecule has 0 spiro atoms. The Morgan fingerprint density at radius 3 is 1.59 bits per heavy atom. The third-order valence-electron chi connectivity index (χ3n) is 4.79. The van der Waals surface area contributed by atoms with Gasteiger partial charge in [0.1, 0.15) is 0 Å². The molecular weight excluding hydrogens is 416 g/mol. The third kappa shape index (κ3) is 2.21. The quantitative estimate of drug-likeness (QED) is 0.388. The molecule has 0 aromatic carbocycles. The molecule has 120 valence electrons. The number of alkyl halides is 2. The van der Waals surface area contributed by atoms with Gasteiger partial charge in [0, 0.05) is 21.5 Å². The van der Waals surface area contributed by atoms with Crippen LogP contribution in [0.1, 0.15) is 13.8 Å². The maximum atomic E-state index is 12.4. The van der Waals surface area contributed by atoms with E-state index < -0.39 is 0 Å². The Labute approximate surface area is 146 Å². The molecule has 0 radical (unpaired) electrons. The van der Waals surface area contributed by atoms with Crippen molar-refractivity contribution in [1.29, 1.82) is 0 Å². The summed E-state index contributed by atoms with van der Waals surface area (Å²) in [7, 11) is 0. The van der Waals surface area contributed by atoms with Gasteiger partial charge in [-0.1, -0.05) is 44.0 Å². The number of halogens is 2. The average molecular weight is 434 g/mol. The van der Waals surface area contributed by atoms with Gasteiger partial charge in [-0.2, -0.15) is 0 Å². The summed E-state index contributed by atoms with van der Waals surface area (Å²) in [5.74, 6) is -0.297. The molecule has 0 aliphatic heterocycles. The fourth-order valence-corrected chi connectivity index (χ4v) is 5.99. The second-order valence-corrected chi connectivity index (χ2v) is 7.86. The molecule has 22 heavy (non-hydrogen) atoms. The first-order valence-corrected chi connectivity index (χ1v) is 9.40. The van der Waals surface area contributed by atoms with Crippen LogP contribution in [0, 0.1) is 23.7 Å². The van der Waals surface area contributed by atoms with E-state index in [9.17, 15) is 9.59 Å². The van der Waals surface area contributed by atoms with Crippen LogP contribution >= 0.6 is 31.9 Å². The van der Waals surface area contributed by atoms with Gasteiger partial charge in [0.2, 0.25) is 0 Å². The molecule has 6 heteroatoms. The van der Waals surface area contributed by atoms with E-state index in [-0.39, 0.29) is 23.8 Å². The number of hydrogen-bond donors (Lipinski definition) is 0. The van der Waals surface area contributed by atoms with Crippen LogP contribution in [0.5, 0.6) is 0 Å². The summed E-state index contributed by atoms with van der Waals surface area (Å²) in [5.41, 5.74) is 0.996. The maximum absolute atomic E-state index is 12.4. The first-order valence-electron chi connectivity index (χ1n) is 7.57. The Morgan fingerprint density at radius 1 is 0.909 bits per heavy atom. The monoisotopic (exact) mass is 432 g/mol. The van der Waals surface area contributed by atoms with E-state index in [0.717, 1.165) is 0 Å². The maximum Gasteiger partial charge on any atom is 0.335 e. The number of carbonyl (C=O) groups excluding carboxylic acids is 2. The zero-order valence-electron chi connectivity index (χ0n) is 12.4. The minimum absolute atomic E-state index is 0.0772. The Kier molecular flexibility index (Phi) is 4.52. The minimum atomic E-state index is -0.388. The van der Waals surface area contributed by atoms with Crippen molar-refractivity contribution in [3.63, 3.8) is 0 Å². The summed E-state index contributed by atoms with van der Waals surface area (Å²) >= 11 is 7.40. The largest absolute Gasteiger partial charge is 0.463 e. The van der Waals surface area contributed by atoms with Gasteiger partial charge in [0.05, 0.1) is 24.4 Å². The van der Waals surface area contributed by atoms with E-state index in [4.69, 9.17) is 9.47 Å². The van der Waals surface area contributed by atoms with Gasteiger partial charge >= 0.3 is 11.9 Å². The smallest absolute Gasteiger partial charge is 0.335 e. The zero-order valence-corrected chi connectivity index (χ0v) is 15.6. The van der Waals surface area contributed by atoms with Gasteiger partial charge in [-0.15, -0.1) is 0 Å². The molecule has 6 atom stereocenters. The zero-order chi connectivity index (χ0) is 16.0. The van der Waals surface area contributed by atoms with Crippen molar-refractivity contribution < 1.29 is 19.1 Å². The molecule has 4 aliphatic carbocycles. The normalized spacial score (nSPS) is 38.4. The molecule has 0 saturated heterocycles. The van der Waals surface area contributed by atoms with Crippen molar-refractivity contribution in [1.82, 2.24) is 0 Å². The molecule has 0 aromatic heterocycles. The second-order valence-electron chi connectivity index (χ2n) is 5.75. The number of hydrogen-bond acceptors (Lipinski definition) is 4. The lowest BCUT2D eigenvalue weighted by Gasteiger charge is -2.58. The van der Waals surface area contributed by atoms with E-state index in [1.165, 1.54) is 0 Å². The first-order chi connectivity index (χ1) is 10.5. The molecule has 0 N–H and O–H groups in total. The van der Waals surface area contributed by atoms with Crippen LogP contribution in [-0.4, -0.2) is 34.8 Å². The lowest BCUT2D eigenvalue weighted by atomic mass is 9.51. The summed E-state index contributed by atoms with van der Waals surface area (Å²) in [5, 5.41) is 0. The summed E-state index contributed by atoms with van der Waals surface area (Å²) in [6.45, 7) is 4.14. The molecular formula is C16H18Br2O4. The van der Waals surface area contributed by atoms with Crippen LogP contribution < -0.4 is 0 Å². The topological polar surface area (TPSA) is 52.6 Å². The number of rotatable bonds is 4. The highest BCUT2D eigenvalue weighted by Crippen LogP contribution is 2.61. The Hall–Kier alpha value is -0.620. The lowest BCUT2D eigenvalue weighted by molar-refractivity contribution is -0.144. The molecule has 2 bridgehead atoms. The second kappa shape index (κ2) is 6.11. The van der Waals surface area contributed by atoms with Gasteiger partial charge in [-0.25, -0.2) is 9.59 Å². The van der Waals surface area contributed by atoms with Gasteiger partial charge in [0.25, 0.3) is 0 Å². The van der Waals surface area contributed by atoms with Crippen LogP contribution in [0.25, 0.3) is 0 Å². The predicted octanol–water partition coefficient (Wildman–Crippen LogP) is 3.00. The molecule has 1 saturated carbocycles. The summed E-state index contributed by atoms with van der Waals surface area (Å²) in [6.07, 6.45) is 4.10. The number of ether oxygens (including phenoxy) is 2. The average Bonchev–Trinajstić information content (AvgIpc) is 2.53. The van der Waals surface area contributed by atoms with E-state index in [2.05, 4.69) is 31.9 Å². The van der Waals surface area contributed by atoms with Gasteiger partial charge < -0.3 is 9.47 Å². The Balaban J connectivity index is 2.05. The van der Waals surface area contributed by atoms with Crippen molar-refractivity contribution in [3.05, 3.63) is 23.3 Å². The summed E-state index contributed by atoms with van der Waals surface area (Å²) in [4.78, 5) is 25.4. The molecule has 0 unspecified atom stereocenters. The van der Waals surface area contributed by atoms with Crippen LogP contribution in [-0.2, 0) is 19.1 Å². The highest BCUT2D eigenvalue weighted by molar-refractivity contribution is 9.12. The molecule has 4 rings (SSSR count). The van der Waals surface area contributed by atoms with Crippen LogP contribution in [0.2, 0.25) is 0 Å². The Morgan fingerprint density at radius 2 is 1.27 bits per heavy atom. The van der Waals surface area contributed by atoms with Crippen molar-refractivity contribution >= 4 is 43.8 Å². The van der Waals surface area contributed by atoms with Gasteiger partial charge in [-0.05, 0) is 25.7 Å². The molecule has 0 amide bonds. The molecule has 0 aromatic rings. The minimum Gasteiger partial charge on any atom is -0.463 e. The number of allylic oxidation sites excluding steroid dienone is 2. The van der Waals surface area contributed by atoms with E-state index in [1.54, 1.807) is 13.8 Å².